The van der Waals surface area contributed by atoms with Gasteiger partial charge in [0.1, 0.15) is 5.75 Å². The van der Waals surface area contributed by atoms with Crippen LogP contribution in [-0.4, -0.2) is 22.0 Å². The number of nitrogens with one attached hydrogen (secondary N) is 2. The molecule has 1 aromatic carbocycles. The Balaban J connectivity index is 2.03. The quantitative estimate of drug-likeness (QED) is 0.829. The normalized spacial score (nSPS) is 11.8. The Labute approximate surface area is 136 Å². The van der Waals surface area contributed by atoms with Crippen LogP contribution in [0.1, 0.15) is 31.1 Å². The Morgan fingerprint density at radius 3 is 2.77 bits per heavy atom. The van der Waals surface area contributed by atoms with E-state index in [9.17, 15) is 0 Å². The average Bonchev–Trinajstić information content (AvgIpc) is 2.89. The van der Waals surface area contributed by atoms with Crippen LogP contribution in [0.15, 0.2) is 30.5 Å². The second kappa shape index (κ2) is 7.26. The summed E-state index contributed by atoms with van der Waals surface area (Å²) in [6.07, 6.45) is 2.05. The molecule has 0 aliphatic rings. The topological polar surface area (TPSA) is 51.1 Å². The summed E-state index contributed by atoms with van der Waals surface area (Å²) in [7, 11) is 1.64. The molecule has 2 aromatic rings. The van der Waals surface area contributed by atoms with Gasteiger partial charge in [-0.25, -0.2) is 0 Å². The first-order valence-electron chi connectivity index (χ1n) is 7.29. The SMILES string of the molecule is CCn1cc(C(C)NC(=S)Nc2ccccc2OC)c(C)n1. The van der Waals surface area contributed by atoms with E-state index in [0.29, 0.717) is 5.11 Å². The summed E-state index contributed by atoms with van der Waals surface area (Å²) in [4.78, 5) is 0. The van der Waals surface area contributed by atoms with E-state index in [1.807, 2.05) is 35.9 Å². The fraction of sp³-hybridized carbons (Fsp3) is 0.375. The van der Waals surface area contributed by atoms with Crippen molar-refractivity contribution in [2.45, 2.75) is 33.4 Å². The van der Waals surface area contributed by atoms with Crippen molar-refractivity contribution in [1.82, 2.24) is 15.1 Å². The van der Waals surface area contributed by atoms with Gasteiger partial charge < -0.3 is 15.4 Å². The Morgan fingerprint density at radius 1 is 1.41 bits per heavy atom. The summed E-state index contributed by atoms with van der Waals surface area (Å²) in [6, 6.07) is 7.76. The summed E-state index contributed by atoms with van der Waals surface area (Å²) in [6.45, 7) is 7.01. The van der Waals surface area contributed by atoms with Crippen molar-refractivity contribution < 1.29 is 4.74 Å². The number of para-hydroxylation sites is 2. The van der Waals surface area contributed by atoms with Crippen LogP contribution in [0.5, 0.6) is 5.75 Å². The number of aryl methyl sites for hydroxylation is 2. The molecule has 6 heteroatoms. The van der Waals surface area contributed by atoms with Gasteiger partial charge in [-0.3, -0.25) is 4.68 Å². The van der Waals surface area contributed by atoms with Crippen molar-refractivity contribution >= 4 is 23.0 Å². The highest BCUT2D eigenvalue weighted by molar-refractivity contribution is 7.80. The van der Waals surface area contributed by atoms with Crippen molar-refractivity contribution in [3.05, 3.63) is 41.7 Å². The van der Waals surface area contributed by atoms with Crippen LogP contribution in [0.2, 0.25) is 0 Å². The number of ether oxygens (including phenoxy) is 1. The van der Waals surface area contributed by atoms with Crippen molar-refractivity contribution in [1.29, 1.82) is 0 Å². The third-order valence-electron chi connectivity index (χ3n) is 3.48. The fourth-order valence-corrected chi connectivity index (χ4v) is 2.59. The predicted octanol–water partition coefficient (Wildman–Crippen LogP) is 3.27. The molecule has 2 rings (SSSR count). The van der Waals surface area contributed by atoms with Crippen LogP contribution >= 0.6 is 12.2 Å². The van der Waals surface area contributed by atoms with E-state index in [0.717, 1.165) is 29.2 Å². The van der Waals surface area contributed by atoms with Crippen LogP contribution in [-0.2, 0) is 6.54 Å². The lowest BCUT2D eigenvalue weighted by atomic mass is 10.1. The molecule has 0 bridgehead atoms. The molecule has 1 heterocycles. The largest absolute Gasteiger partial charge is 0.495 e. The minimum atomic E-state index is 0.0787. The lowest BCUT2D eigenvalue weighted by molar-refractivity contribution is 0.417. The van der Waals surface area contributed by atoms with Gasteiger partial charge in [-0.1, -0.05) is 12.1 Å². The van der Waals surface area contributed by atoms with Gasteiger partial charge in [-0.15, -0.1) is 0 Å². The summed E-state index contributed by atoms with van der Waals surface area (Å²) < 4.78 is 7.24. The molecular weight excluding hydrogens is 296 g/mol. The van der Waals surface area contributed by atoms with E-state index >= 15 is 0 Å². The minimum Gasteiger partial charge on any atom is -0.495 e. The molecule has 0 aliphatic carbocycles. The van der Waals surface area contributed by atoms with Crippen molar-refractivity contribution in [3.63, 3.8) is 0 Å². The molecule has 1 atom stereocenters. The molecule has 2 N–H and O–H groups in total. The lowest BCUT2D eigenvalue weighted by Crippen LogP contribution is -2.31. The number of thiocarbonyl (C=S) groups is 1. The van der Waals surface area contributed by atoms with Gasteiger partial charge in [-0.05, 0) is 45.1 Å². The Hall–Kier alpha value is -2.08. The van der Waals surface area contributed by atoms with Gasteiger partial charge in [0.25, 0.3) is 0 Å². The number of benzene rings is 1. The predicted molar refractivity (Wildman–Crippen MR) is 93.4 cm³/mol. The molecule has 0 saturated carbocycles. The van der Waals surface area contributed by atoms with E-state index in [4.69, 9.17) is 17.0 Å². The van der Waals surface area contributed by atoms with Crippen LogP contribution in [0.25, 0.3) is 0 Å². The van der Waals surface area contributed by atoms with Crippen LogP contribution < -0.4 is 15.4 Å². The summed E-state index contributed by atoms with van der Waals surface area (Å²) >= 11 is 5.39. The molecule has 0 saturated heterocycles. The van der Waals surface area contributed by atoms with Crippen molar-refractivity contribution in [3.8, 4) is 5.75 Å². The van der Waals surface area contributed by atoms with Crippen LogP contribution in [0.3, 0.4) is 0 Å². The second-order valence-electron chi connectivity index (χ2n) is 5.05. The van der Waals surface area contributed by atoms with Gasteiger partial charge >= 0.3 is 0 Å². The molecule has 0 radical (unpaired) electrons. The maximum atomic E-state index is 5.39. The molecule has 0 aliphatic heterocycles. The minimum absolute atomic E-state index is 0.0787. The van der Waals surface area contributed by atoms with Crippen LogP contribution in [0.4, 0.5) is 5.69 Å². The first-order valence-corrected chi connectivity index (χ1v) is 7.70. The van der Waals surface area contributed by atoms with Gasteiger partial charge in [0.05, 0.1) is 24.5 Å². The summed E-state index contributed by atoms with van der Waals surface area (Å²) in [5.41, 5.74) is 3.00. The van der Waals surface area contributed by atoms with E-state index in [-0.39, 0.29) is 6.04 Å². The number of hydrogen-bond acceptors (Lipinski definition) is 3. The Bertz CT molecular complexity index is 653. The zero-order valence-electron chi connectivity index (χ0n) is 13.4. The molecule has 0 amide bonds. The fourth-order valence-electron chi connectivity index (χ4n) is 2.30. The number of rotatable bonds is 5. The molecule has 22 heavy (non-hydrogen) atoms. The molecule has 0 spiro atoms. The van der Waals surface area contributed by atoms with E-state index in [1.165, 1.54) is 0 Å². The molecule has 118 valence electrons. The highest BCUT2D eigenvalue weighted by Crippen LogP contribution is 2.23. The lowest BCUT2D eigenvalue weighted by Gasteiger charge is -2.17. The van der Waals surface area contributed by atoms with E-state index in [1.54, 1.807) is 7.11 Å². The number of anilines is 1. The maximum Gasteiger partial charge on any atom is 0.171 e. The zero-order chi connectivity index (χ0) is 16.1. The van der Waals surface area contributed by atoms with Gasteiger partial charge in [0.15, 0.2) is 5.11 Å². The number of aromatic nitrogens is 2. The van der Waals surface area contributed by atoms with E-state index < -0.39 is 0 Å². The third-order valence-corrected chi connectivity index (χ3v) is 3.70. The zero-order valence-corrected chi connectivity index (χ0v) is 14.2. The average molecular weight is 318 g/mol. The second-order valence-corrected chi connectivity index (χ2v) is 5.45. The standard InChI is InChI=1S/C16H22N4OS/c1-5-20-10-13(12(3)19-20)11(2)17-16(22)18-14-8-6-7-9-15(14)21-4/h6-11H,5H2,1-4H3,(H2,17,18,22). The molecule has 0 fully saturated rings. The summed E-state index contributed by atoms with van der Waals surface area (Å²) in [5.74, 6) is 0.759. The van der Waals surface area contributed by atoms with Gasteiger partial charge in [-0.2, -0.15) is 5.10 Å². The first kappa shape index (κ1) is 16.3. The molecule has 1 aromatic heterocycles. The molecule has 1 unspecified atom stereocenters. The number of methoxy groups -OCH3 is 1. The smallest absolute Gasteiger partial charge is 0.171 e. The molecular formula is C16H22N4OS. The number of nitrogens with zero attached hydrogens (tertiary/aromatic N) is 2. The van der Waals surface area contributed by atoms with Crippen molar-refractivity contribution in [2.75, 3.05) is 12.4 Å². The van der Waals surface area contributed by atoms with E-state index in [2.05, 4.69) is 35.8 Å². The monoisotopic (exact) mass is 318 g/mol. The van der Waals surface area contributed by atoms with Gasteiger partial charge in [0.2, 0.25) is 0 Å². The highest BCUT2D eigenvalue weighted by atomic mass is 32.1. The molecule has 5 nitrogen and oxygen atoms in total. The Kier molecular flexibility index (Phi) is 5.38. The highest BCUT2D eigenvalue weighted by Gasteiger charge is 2.13. The summed E-state index contributed by atoms with van der Waals surface area (Å²) in [5, 5.41) is 11.5. The van der Waals surface area contributed by atoms with Crippen LogP contribution in [0, 0.1) is 6.92 Å². The third kappa shape index (κ3) is 3.76. The first-order chi connectivity index (χ1) is 10.5. The van der Waals surface area contributed by atoms with Gasteiger partial charge in [0, 0.05) is 18.3 Å². The Morgan fingerprint density at radius 2 is 2.14 bits per heavy atom. The van der Waals surface area contributed by atoms with Crippen molar-refractivity contribution in [2.24, 2.45) is 0 Å². The maximum absolute atomic E-state index is 5.39. The number of hydrogen-bond donors (Lipinski definition) is 2.